The van der Waals surface area contributed by atoms with Crippen LogP contribution in [0.25, 0.3) is 12.2 Å². The largest absolute Gasteiger partial charge is 0.493 e. The van der Waals surface area contributed by atoms with Crippen molar-refractivity contribution in [1.29, 1.82) is 0 Å². The monoisotopic (exact) mass is 427 g/mol. The quantitative estimate of drug-likeness (QED) is 0.266. The molecule has 0 atom stereocenters. The zero-order valence-corrected chi connectivity index (χ0v) is 15.9. The van der Waals surface area contributed by atoms with E-state index in [0.717, 1.165) is 6.07 Å². The maximum Gasteiger partial charge on any atom is 0.357 e. The number of rotatable bonds is 6. The van der Waals surface area contributed by atoms with Crippen LogP contribution in [0.3, 0.4) is 0 Å². The highest BCUT2D eigenvalue weighted by Gasteiger charge is 2.19. The first-order valence-corrected chi connectivity index (χ1v) is 8.64. The number of aromatic amines is 2. The average Bonchev–Trinajstić information content (AvgIpc) is 2.72. The van der Waals surface area contributed by atoms with Crippen molar-refractivity contribution in [2.24, 2.45) is 0 Å². The van der Waals surface area contributed by atoms with Gasteiger partial charge in [0.05, 0.1) is 17.6 Å². The van der Waals surface area contributed by atoms with Gasteiger partial charge in [0.2, 0.25) is 0 Å². The lowest BCUT2D eigenvalue weighted by Crippen LogP contribution is -2.25. The molecule has 0 amide bonds. The second-order valence-corrected chi connectivity index (χ2v) is 6.04. The molecule has 2 N–H and O–H groups in total. The number of hydrogen-bond acceptors (Lipinski definition) is 7. The molecular weight excluding hydrogens is 413 g/mol. The molecule has 1 aromatic heterocycles. The van der Waals surface area contributed by atoms with E-state index in [2.05, 4.69) is 4.98 Å². The number of nitrogens with zero attached hydrogens (tertiary/aromatic N) is 1. The average molecular weight is 427 g/mol. The minimum Gasteiger partial charge on any atom is -0.493 e. The van der Waals surface area contributed by atoms with Crippen LogP contribution in [0.2, 0.25) is 0 Å². The minimum absolute atomic E-state index is 0.0171. The molecule has 3 aromatic rings. The molecule has 0 radical (unpaired) electrons. The summed E-state index contributed by atoms with van der Waals surface area (Å²) in [6.45, 7) is 0. The first kappa shape index (κ1) is 21.2. The van der Waals surface area contributed by atoms with Crippen LogP contribution in [0.1, 0.15) is 21.6 Å². The number of halogens is 1. The number of carbonyl (C=O) groups is 1. The van der Waals surface area contributed by atoms with Gasteiger partial charge in [-0.25, -0.2) is 14.0 Å². The highest BCUT2D eigenvalue weighted by Crippen LogP contribution is 2.30. The number of aromatic nitrogens is 2. The Bertz CT molecular complexity index is 1310. The van der Waals surface area contributed by atoms with Crippen molar-refractivity contribution in [3.8, 4) is 11.5 Å². The molecule has 2 aromatic carbocycles. The Morgan fingerprint density at radius 2 is 1.84 bits per heavy atom. The van der Waals surface area contributed by atoms with Crippen LogP contribution in [0.4, 0.5) is 10.1 Å². The standard InChI is InChI=1S/C20H14FN3O7/c1-30-16-10-11(6-8-14-17(24(28)29)18(25)23-20(27)22-14)7-9-15(16)31-19(26)12-4-2-3-5-13(12)21/h2-10H,1H3,(H2,22,23,25,27)/b8-6+. The first-order chi connectivity index (χ1) is 14.8. The summed E-state index contributed by atoms with van der Waals surface area (Å²) in [5.74, 6) is -1.51. The molecule has 0 unspecified atom stereocenters. The fourth-order valence-corrected chi connectivity index (χ4v) is 2.63. The number of carbonyl (C=O) groups excluding carboxylic acids is 1. The fourth-order valence-electron chi connectivity index (χ4n) is 2.63. The van der Waals surface area contributed by atoms with Gasteiger partial charge in [-0.2, -0.15) is 0 Å². The van der Waals surface area contributed by atoms with E-state index in [4.69, 9.17) is 9.47 Å². The van der Waals surface area contributed by atoms with E-state index in [0.29, 0.717) is 5.56 Å². The van der Waals surface area contributed by atoms with Gasteiger partial charge in [0.1, 0.15) is 11.5 Å². The number of methoxy groups -OCH3 is 1. The van der Waals surface area contributed by atoms with Crippen LogP contribution in [0.15, 0.2) is 52.1 Å². The highest BCUT2D eigenvalue weighted by atomic mass is 19.1. The molecule has 0 spiro atoms. The predicted molar refractivity (Wildman–Crippen MR) is 108 cm³/mol. The molecule has 3 rings (SSSR count). The van der Waals surface area contributed by atoms with E-state index in [9.17, 15) is 28.9 Å². The first-order valence-electron chi connectivity index (χ1n) is 8.64. The summed E-state index contributed by atoms with van der Waals surface area (Å²) in [6, 6.07) is 9.63. The van der Waals surface area contributed by atoms with Crippen LogP contribution < -0.4 is 20.7 Å². The van der Waals surface area contributed by atoms with Crippen LogP contribution in [0.5, 0.6) is 11.5 Å². The van der Waals surface area contributed by atoms with Gasteiger partial charge in [-0.1, -0.05) is 24.3 Å². The van der Waals surface area contributed by atoms with Crippen molar-refractivity contribution >= 4 is 23.8 Å². The van der Waals surface area contributed by atoms with Gasteiger partial charge in [0.25, 0.3) is 0 Å². The number of ether oxygens (including phenoxy) is 2. The lowest BCUT2D eigenvalue weighted by atomic mass is 10.1. The van der Waals surface area contributed by atoms with Gasteiger partial charge in [-0.05, 0) is 35.9 Å². The maximum atomic E-state index is 13.8. The number of nitro groups is 1. The number of esters is 1. The zero-order valence-electron chi connectivity index (χ0n) is 15.9. The van der Waals surface area contributed by atoms with Gasteiger partial charge in [-0.15, -0.1) is 0 Å². The summed E-state index contributed by atoms with van der Waals surface area (Å²) in [4.78, 5) is 49.4. The van der Waals surface area contributed by atoms with Crippen molar-refractivity contribution in [1.82, 2.24) is 9.97 Å². The number of nitrogens with one attached hydrogen (secondary N) is 2. The van der Waals surface area contributed by atoms with Crippen molar-refractivity contribution in [3.05, 3.63) is 96.1 Å². The van der Waals surface area contributed by atoms with Crippen LogP contribution >= 0.6 is 0 Å². The SMILES string of the molecule is COc1cc(/C=C/c2[nH]c(=O)[nH]c(=O)c2[N+](=O)[O-])ccc1OC(=O)c1ccccc1F. The third kappa shape index (κ3) is 4.72. The normalized spacial score (nSPS) is 10.8. The lowest BCUT2D eigenvalue weighted by Gasteiger charge is -2.10. The van der Waals surface area contributed by atoms with Gasteiger partial charge in [-0.3, -0.25) is 19.9 Å². The van der Waals surface area contributed by atoms with Crippen molar-refractivity contribution in [2.75, 3.05) is 7.11 Å². The van der Waals surface area contributed by atoms with Crippen molar-refractivity contribution in [3.63, 3.8) is 0 Å². The molecule has 0 aliphatic carbocycles. The smallest absolute Gasteiger partial charge is 0.357 e. The van der Waals surface area contributed by atoms with E-state index >= 15 is 0 Å². The molecule has 0 aliphatic rings. The second-order valence-electron chi connectivity index (χ2n) is 6.04. The van der Waals surface area contributed by atoms with E-state index < -0.39 is 33.6 Å². The summed E-state index contributed by atoms with van der Waals surface area (Å²) in [7, 11) is 1.32. The Hall–Kier alpha value is -4.54. The molecule has 158 valence electrons. The molecule has 11 heteroatoms. The minimum atomic E-state index is -1.14. The van der Waals surface area contributed by atoms with E-state index in [1.165, 1.54) is 55.7 Å². The van der Waals surface area contributed by atoms with Crippen LogP contribution in [-0.4, -0.2) is 28.0 Å². The predicted octanol–water partition coefficient (Wildman–Crippen LogP) is 2.51. The van der Waals surface area contributed by atoms with Crippen molar-refractivity contribution < 1.29 is 23.6 Å². The highest BCUT2D eigenvalue weighted by molar-refractivity contribution is 5.91. The molecule has 0 bridgehead atoms. The third-order valence-electron chi connectivity index (χ3n) is 4.05. The summed E-state index contributed by atoms with van der Waals surface area (Å²) in [6.07, 6.45) is 2.55. The van der Waals surface area contributed by atoms with Crippen LogP contribution in [0, 0.1) is 15.9 Å². The molecule has 1 heterocycles. The molecule has 0 fully saturated rings. The van der Waals surface area contributed by atoms with Crippen LogP contribution in [-0.2, 0) is 0 Å². The summed E-state index contributed by atoms with van der Waals surface area (Å²) < 4.78 is 24.1. The Kier molecular flexibility index (Phi) is 6.05. The third-order valence-corrected chi connectivity index (χ3v) is 4.05. The van der Waals surface area contributed by atoms with Gasteiger partial charge in [0, 0.05) is 0 Å². The van der Waals surface area contributed by atoms with E-state index in [-0.39, 0.29) is 22.8 Å². The second kappa shape index (κ2) is 8.86. The molecule has 0 aliphatic heterocycles. The van der Waals surface area contributed by atoms with E-state index in [1.54, 1.807) is 4.98 Å². The lowest BCUT2D eigenvalue weighted by molar-refractivity contribution is -0.386. The van der Waals surface area contributed by atoms with Gasteiger partial charge < -0.3 is 14.5 Å². The Balaban J connectivity index is 1.90. The van der Waals surface area contributed by atoms with Crippen molar-refractivity contribution in [2.45, 2.75) is 0 Å². The Morgan fingerprint density at radius 1 is 1.10 bits per heavy atom. The Labute approximate surface area is 172 Å². The topological polar surface area (TPSA) is 144 Å². The summed E-state index contributed by atoms with van der Waals surface area (Å²) >= 11 is 0. The fraction of sp³-hybridized carbons (Fsp3) is 0.0500. The molecule has 31 heavy (non-hydrogen) atoms. The molecule has 0 saturated carbocycles. The maximum absolute atomic E-state index is 13.8. The molecular formula is C20H14FN3O7. The molecule has 10 nitrogen and oxygen atoms in total. The Morgan fingerprint density at radius 3 is 2.52 bits per heavy atom. The van der Waals surface area contributed by atoms with E-state index in [1.807, 2.05) is 0 Å². The zero-order chi connectivity index (χ0) is 22.5. The number of benzene rings is 2. The molecule has 0 saturated heterocycles. The van der Waals surface area contributed by atoms with Gasteiger partial charge in [0.15, 0.2) is 11.5 Å². The number of H-pyrrole nitrogens is 2. The summed E-state index contributed by atoms with van der Waals surface area (Å²) in [5, 5.41) is 11.1. The summed E-state index contributed by atoms with van der Waals surface area (Å²) in [5.41, 5.74) is -2.97. The number of hydrogen-bond donors (Lipinski definition) is 2. The van der Waals surface area contributed by atoms with Gasteiger partial charge >= 0.3 is 22.9 Å².